The van der Waals surface area contributed by atoms with Crippen LogP contribution in [-0.2, 0) is 13.9 Å². The molecule has 1 aromatic rings. The predicted molar refractivity (Wildman–Crippen MR) is 130 cm³/mol. The van der Waals surface area contributed by atoms with Crippen molar-refractivity contribution < 1.29 is 32.6 Å². The van der Waals surface area contributed by atoms with E-state index in [0.29, 0.717) is 4.57 Å². The molecule has 2 N–H and O–H groups in total. The number of nitrogens with one attached hydrogen (secondary N) is 1. The number of anilines is 1. The fourth-order valence-electron chi connectivity index (χ4n) is 3.28. The molecule has 0 radical (unpaired) electrons. The molecule has 0 unspecified atom stereocenters. The Morgan fingerprint density at radius 2 is 1.94 bits per heavy atom. The number of aliphatic hydroxyl groups is 1. The standard InChI is InChI=1S/C23H39F2N3O6Si/c1-7-8-9-10-11-14-32-21(31)27-17-12-13-28(20(30)26-17)19-23(24,25)18(29)16(34-19)15-33-35(5,6)22(2,3)4/h12-13,16,18-19,29H,7-11,14-15H2,1-6H3,(H,26,27,30,31)/t16-,18-,19-/m1/s1. The summed E-state index contributed by atoms with van der Waals surface area (Å²) in [5.74, 6) is -3.89. The van der Waals surface area contributed by atoms with Crippen molar-refractivity contribution in [3.63, 3.8) is 0 Å². The molecule has 0 bridgehead atoms. The number of aromatic nitrogens is 2. The number of aliphatic hydroxyl groups excluding tert-OH is 1. The number of hydrogen-bond acceptors (Lipinski definition) is 7. The number of amides is 1. The molecule has 0 aromatic carbocycles. The number of ether oxygens (including phenoxy) is 2. The highest BCUT2D eigenvalue weighted by molar-refractivity contribution is 6.74. The van der Waals surface area contributed by atoms with E-state index in [1.54, 1.807) is 0 Å². The topological polar surface area (TPSA) is 112 Å². The van der Waals surface area contributed by atoms with Gasteiger partial charge in [0.2, 0.25) is 6.23 Å². The first-order chi connectivity index (χ1) is 16.2. The van der Waals surface area contributed by atoms with Crippen LogP contribution in [-0.4, -0.2) is 60.4 Å². The van der Waals surface area contributed by atoms with E-state index in [-0.39, 0.29) is 24.1 Å². The first kappa shape index (κ1) is 29.3. The summed E-state index contributed by atoms with van der Waals surface area (Å²) in [6.07, 6.45) is -0.322. The minimum atomic E-state index is -3.75. The van der Waals surface area contributed by atoms with E-state index in [4.69, 9.17) is 13.9 Å². The number of rotatable bonds is 11. The Kier molecular flexibility index (Phi) is 9.97. The monoisotopic (exact) mass is 519 g/mol. The summed E-state index contributed by atoms with van der Waals surface area (Å²) in [7, 11) is -2.27. The van der Waals surface area contributed by atoms with E-state index in [2.05, 4.69) is 17.2 Å². The van der Waals surface area contributed by atoms with Gasteiger partial charge in [-0.1, -0.05) is 53.4 Å². The highest BCUT2D eigenvalue weighted by Gasteiger charge is 2.60. The maximum absolute atomic E-state index is 14.8. The van der Waals surface area contributed by atoms with E-state index in [0.717, 1.165) is 38.3 Å². The molecule has 1 amide bonds. The molecule has 3 atom stereocenters. The molecule has 0 saturated carbocycles. The number of hydrogen-bond donors (Lipinski definition) is 2. The van der Waals surface area contributed by atoms with Crippen LogP contribution in [0.2, 0.25) is 18.1 Å². The normalized spacial score (nSPS) is 22.3. The van der Waals surface area contributed by atoms with E-state index < -0.39 is 44.5 Å². The lowest BCUT2D eigenvalue weighted by molar-refractivity contribution is -0.140. The Morgan fingerprint density at radius 1 is 1.29 bits per heavy atom. The number of unbranched alkanes of at least 4 members (excludes halogenated alkanes) is 4. The van der Waals surface area contributed by atoms with Crippen LogP contribution < -0.4 is 11.0 Å². The minimum absolute atomic E-state index is 0.137. The molecule has 0 spiro atoms. The molecule has 1 fully saturated rings. The molecule has 1 aliphatic rings. The van der Waals surface area contributed by atoms with Crippen LogP contribution in [0.4, 0.5) is 19.4 Å². The summed E-state index contributed by atoms with van der Waals surface area (Å²) in [5.41, 5.74) is -1.06. The van der Waals surface area contributed by atoms with Crippen LogP contribution in [0.25, 0.3) is 0 Å². The van der Waals surface area contributed by atoms with Crippen molar-refractivity contribution in [2.24, 2.45) is 0 Å². The Morgan fingerprint density at radius 3 is 2.54 bits per heavy atom. The maximum Gasteiger partial charge on any atom is 0.412 e. The zero-order valence-corrected chi connectivity index (χ0v) is 22.5. The van der Waals surface area contributed by atoms with Gasteiger partial charge in [-0.05, 0) is 30.6 Å². The third-order valence-corrected chi connectivity index (χ3v) is 11.1. The highest BCUT2D eigenvalue weighted by Crippen LogP contribution is 2.43. The molecule has 2 rings (SSSR count). The zero-order valence-electron chi connectivity index (χ0n) is 21.5. The number of nitrogens with zero attached hydrogens (tertiary/aromatic N) is 2. The summed E-state index contributed by atoms with van der Waals surface area (Å²) in [5, 5.41) is 12.4. The Balaban J connectivity index is 2.00. The van der Waals surface area contributed by atoms with Crippen LogP contribution in [0, 0.1) is 0 Å². The Labute approximate surface area is 206 Å². The smallest absolute Gasteiger partial charge is 0.412 e. The summed E-state index contributed by atoms with van der Waals surface area (Å²) in [4.78, 5) is 28.0. The van der Waals surface area contributed by atoms with Gasteiger partial charge >= 0.3 is 17.7 Å². The van der Waals surface area contributed by atoms with Crippen molar-refractivity contribution >= 4 is 20.2 Å². The minimum Gasteiger partial charge on any atom is -0.449 e. The fourth-order valence-corrected chi connectivity index (χ4v) is 4.30. The van der Waals surface area contributed by atoms with Crippen molar-refractivity contribution in [2.75, 3.05) is 18.5 Å². The lowest BCUT2D eigenvalue weighted by atomic mass is 10.1. The third-order valence-electron chi connectivity index (χ3n) is 6.59. The maximum atomic E-state index is 14.8. The molecule has 35 heavy (non-hydrogen) atoms. The largest absolute Gasteiger partial charge is 0.449 e. The first-order valence-electron chi connectivity index (χ1n) is 12.1. The Bertz CT molecular complexity index is 906. The van der Waals surface area contributed by atoms with Crippen LogP contribution in [0.1, 0.15) is 66.0 Å². The number of carbonyl (C=O) groups excluding carboxylic acids is 1. The van der Waals surface area contributed by atoms with Crippen molar-refractivity contribution in [3.05, 3.63) is 22.7 Å². The number of halogens is 2. The Hall–Kier alpha value is -1.89. The van der Waals surface area contributed by atoms with Crippen molar-refractivity contribution in [1.29, 1.82) is 0 Å². The van der Waals surface area contributed by atoms with Crippen molar-refractivity contribution in [1.82, 2.24) is 9.55 Å². The summed E-state index contributed by atoms with van der Waals surface area (Å²) >= 11 is 0. The van der Waals surface area contributed by atoms with Gasteiger partial charge in [0.05, 0.1) is 13.2 Å². The summed E-state index contributed by atoms with van der Waals surface area (Å²) in [6, 6.07) is 1.19. The second-order valence-electron chi connectivity index (χ2n) is 10.4. The number of alkyl halides is 2. The predicted octanol–water partition coefficient (Wildman–Crippen LogP) is 4.68. The summed E-state index contributed by atoms with van der Waals surface area (Å²) in [6.45, 7) is 12.0. The molecular formula is C23H39F2N3O6Si. The molecule has 12 heteroatoms. The van der Waals surface area contributed by atoms with E-state index in [9.17, 15) is 23.5 Å². The lowest BCUT2D eigenvalue weighted by Crippen LogP contribution is -2.45. The lowest BCUT2D eigenvalue weighted by Gasteiger charge is -2.37. The van der Waals surface area contributed by atoms with Gasteiger partial charge in [-0.2, -0.15) is 13.8 Å². The molecule has 0 aliphatic carbocycles. The van der Waals surface area contributed by atoms with E-state index in [1.807, 2.05) is 33.9 Å². The van der Waals surface area contributed by atoms with Gasteiger partial charge in [0.25, 0.3) is 0 Å². The number of carbonyl (C=O) groups is 1. The third kappa shape index (κ3) is 7.54. The molecule has 1 aromatic heterocycles. The average Bonchev–Trinajstić information content (AvgIpc) is 2.97. The summed E-state index contributed by atoms with van der Waals surface area (Å²) < 4.78 is 46.6. The van der Waals surface area contributed by atoms with Gasteiger partial charge in [-0.25, -0.2) is 9.59 Å². The quantitative estimate of drug-likeness (QED) is 0.323. The average molecular weight is 520 g/mol. The van der Waals surface area contributed by atoms with E-state index >= 15 is 0 Å². The molecule has 2 heterocycles. The van der Waals surface area contributed by atoms with Crippen molar-refractivity contribution in [3.8, 4) is 0 Å². The van der Waals surface area contributed by atoms with Gasteiger partial charge in [0.15, 0.2) is 14.4 Å². The van der Waals surface area contributed by atoms with Gasteiger partial charge in [0, 0.05) is 6.20 Å². The molecule has 9 nitrogen and oxygen atoms in total. The van der Waals surface area contributed by atoms with Crippen molar-refractivity contribution in [2.45, 2.75) is 102 Å². The second-order valence-corrected chi connectivity index (χ2v) is 15.2. The molecule has 1 saturated heterocycles. The van der Waals surface area contributed by atoms with Gasteiger partial charge in [-0.15, -0.1) is 0 Å². The van der Waals surface area contributed by atoms with Crippen LogP contribution in [0.3, 0.4) is 0 Å². The van der Waals surface area contributed by atoms with Crippen LogP contribution in [0.5, 0.6) is 0 Å². The molecular weight excluding hydrogens is 480 g/mol. The van der Waals surface area contributed by atoms with Gasteiger partial charge < -0.3 is 19.0 Å². The highest BCUT2D eigenvalue weighted by atomic mass is 28.4. The second kappa shape index (κ2) is 11.9. The first-order valence-corrected chi connectivity index (χ1v) is 15.0. The zero-order chi connectivity index (χ0) is 26.4. The molecule has 1 aliphatic heterocycles. The van der Waals surface area contributed by atoms with E-state index in [1.165, 1.54) is 6.07 Å². The van der Waals surface area contributed by atoms with Crippen LogP contribution >= 0.6 is 0 Å². The molecule has 200 valence electrons. The van der Waals surface area contributed by atoms with Gasteiger partial charge in [-0.3, -0.25) is 9.88 Å². The van der Waals surface area contributed by atoms with Gasteiger partial charge in [0.1, 0.15) is 11.9 Å². The fraction of sp³-hybridized carbons (Fsp3) is 0.783. The SMILES string of the molecule is CCCCCCCOC(=O)Nc1ccn([C@@H]2O[C@H](CO[Si](C)(C)C(C)(C)C)[C@@H](O)C2(F)F)c(=O)n1. The van der Waals surface area contributed by atoms with Crippen LogP contribution in [0.15, 0.2) is 17.1 Å².